The second-order valence-electron chi connectivity index (χ2n) is 4.52. The SMILES string of the molecule is CC(C)N(C(=[N-])c1c(F)cccc1F)C(C)C.[CH3-].[CH3-].[CH3-].[Ti+4]. The minimum absolute atomic E-state index is 0. The van der Waals surface area contributed by atoms with Crippen LogP contribution in [0.25, 0.3) is 5.41 Å². The molecule has 0 unspecified atom stereocenters. The van der Waals surface area contributed by atoms with Gasteiger partial charge >= 0.3 is 21.7 Å². The number of nitrogens with zero attached hydrogens (tertiary/aromatic N) is 2. The van der Waals surface area contributed by atoms with Gasteiger partial charge in [0.25, 0.3) is 0 Å². The molecule has 0 amide bonds. The summed E-state index contributed by atoms with van der Waals surface area (Å²) in [6.07, 6.45) is 0. The molecule has 1 rings (SSSR count). The number of rotatable bonds is 3. The second kappa shape index (κ2) is 11.9. The van der Waals surface area contributed by atoms with Crippen LogP contribution in [-0.2, 0) is 21.7 Å². The predicted octanol–water partition coefficient (Wildman–Crippen LogP) is 4.75. The molecule has 5 heteroatoms. The second-order valence-corrected chi connectivity index (χ2v) is 4.52. The van der Waals surface area contributed by atoms with Crippen LogP contribution in [-0.4, -0.2) is 22.8 Å². The molecule has 0 aromatic heterocycles. The van der Waals surface area contributed by atoms with Crippen LogP contribution < -0.4 is 0 Å². The van der Waals surface area contributed by atoms with Gasteiger partial charge in [-0.25, -0.2) is 8.78 Å². The van der Waals surface area contributed by atoms with Crippen molar-refractivity contribution in [3.8, 4) is 0 Å². The van der Waals surface area contributed by atoms with E-state index >= 15 is 0 Å². The van der Waals surface area contributed by atoms with Crippen molar-refractivity contribution in [3.63, 3.8) is 0 Å². The van der Waals surface area contributed by atoms with Crippen LogP contribution in [0.2, 0.25) is 0 Å². The Bertz CT molecular complexity index is 392. The van der Waals surface area contributed by atoms with E-state index in [4.69, 9.17) is 0 Å². The topological polar surface area (TPSA) is 25.5 Å². The van der Waals surface area contributed by atoms with Crippen molar-refractivity contribution >= 4 is 5.84 Å². The number of hydrogen-bond donors (Lipinski definition) is 0. The van der Waals surface area contributed by atoms with Crippen molar-refractivity contribution in [2.75, 3.05) is 0 Å². The summed E-state index contributed by atoms with van der Waals surface area (Å²) in [7, 11) is 0. The Hall–Kier alpha value is -0.736. The van der Waals surface area contributed by atoms with E-state index in [1.807, 2.05) is 27.7 Å². The molecule has 2 nitrogen and oxygen atoms in total. The Morgan fingerprint density at radius 3 is 1.57 bits per heavy atom. The summed E-state index contributed by atoms with van der Waals surface area (Å²) >= 11 is 0. The fraction of sp³-hybridized carbons (Fsp3) is 0.375. The van der Waals surface area contributed by atoms with Crippen LogP contribution >= 0.6 is 0 Å². The number of halogens is 2. The van der Waals surface area contributed by atoms with Gasteiger partial charge in [0, 0.05) is 5.56 Å². The van der Waals surface area contributed by atoms with E-state index in [1.165, 1.54) is 6.07 Å². The summed E-state index contributed by atoms with van der Waals surface area (Å²) in [4.78, 5) is 1.57. The van der Waals surface area contributed by atoms with Crippen LogP contribution in [0.5, 0.6) is 0 Å². The molecule has 21 heavy (non-hydrogen) atoms. The molecule has 0 aliphatic carbocycles. The Morgan fingerprint density at radius 1 is 0.952 bits per heavy atom. The fourth-order valence-electron chi connectivity index (χ4n) is 1.93. The molecule has 0 fully saturated rings. The van der Waals surface area contributed by atoms with Gasteiger partial charge in [-0.1, -0.05) is 39.6 Å². The zero-order valence-corrected chi connectivity index (χ0v) is 15.6. The van der Waals surface area contributed by atoms with E-state index in [1.54, 1.807) is 4.90 Å². The fourth-order valence-corrected chi connectivity index (χ4v) is 1.93. The third kappa shape index (κ3) is 6.70. The molecular weight excluding hydrogens is 306 g/mol. The van der Waals surface area contributed by atoms with Crippen LogP contribution in [0.1, 0.15) is 33.3 Å². The van der Waals surface area contributed by atoms with E-state index < -0.39 is 11.6 Å². The van der Waals surface area contributed by atoms with Gasteiger partial charge in [0.05, 0.1) is 0 Å². The van der Waals surface area contributed by atoms with Crippen molar-refractivity contribution in [1.29, 1.82) is 0 Å². The van der Waals surface area contributed by atoms with Crippen molar-refractivity contribution in [3.05, 3.63) is 63.1 Å². The summed E-state index contributed by atoms with van der Waals surface area (Å²) in [6.45, 7) is 7.42. The average Bonchev–Trinajstić information content (AvgIpc) is 2.15. The predicted molar refractivity (Wildman–Crippen MR) is 85.2 cm³/mol. The largest absolute Gasteiger partial charge is 4.00 e. The van der Waals surface area contributed by atoms with Crippen LogP contribution in [0, 0.1) is 33.9 Å². The molecule has 118 valence electrons. The van der Waals surface area contributed by atoms with Crippen molar-refractivity contribution < 1.29 is 30.5 Å². The molecule has 0 saturated carbocycles. The Kier molecular flexibility index (Phi) is 16.1. The smallest absolute Gasteiger partial charge is 0.464 e. The Morgan fingerprint density at radius 2 is 1.29 bits per heavy atom. The van der Waals surface area contributed by atoms with Crippen LogP contribution in [0.3, 0.4) is 0 Å². The molecule has 0 atom stereocenters. The summed E-state index contributed by atoms with van der Waals surface area (Å²) in [5.41, 5.74) is -0.366. The van der Waals surface area contributed by atoms with E-state index in [-0.39, 0.29) is 67.5 Å². The summed E-state index contributed by atoms with van der Waals surface area (Å²) in [5.74, 6) is -1.87. The van der Waals surface area contributed by atoms with E-state index in [0.717, 1.165) is 12.1 Å². The first-order valence-electron chi connectivity index (χ1n) is 5.64. The van der Waals surface area contributed by atoms with Gasteiger partial charge in [0.2, 0.25) is 0 Å². The first-order valence-corrected chi connectivity index (χ1v) is 5.64. The first-order chi connectivity index (χ1) is 7.86. The monoisotopic (exact) mass is 332 g/mol. The van der Waals surface area contributed by atoms with E-state index in [9.17, 15) is 14.2 Å². The molecule has 0 aliphatic heterocycles. The van der Waals surface area contributed by atoms with Crippen molar-refractivity contribution in [2.45, 2.75) is 39.8 Å². The number of amidine groups is 1. The van der Waals surface area contributed by atoms with E-state index in [2.05, 4.69) is 0 Å². The zero-order valence-electron chi connectivity index (χ0n) is 14.0. The first kappa shape index (κ1) is 28.4. The zero-order chi connectivity index (χ0) is 13.2. The molecule has 0 saturated heterocycles. The van der Waals surface area contributed by atoms with Crippen molar-refractivity contribution in [2.24, 2.45) is 0 Å². The van der Waals surface area contributed by atoms with Gasteiger partial charge in [0.1, 0.15) is 11.6 Å². The molecular formula is C16H26F2N2Ti. The molecule has 0 heterocycles. The summed E-state index contributed by atoms with van der Waals surface area (Å²) in [6, 6.07) is 3.44. The minimum atomic E-state index is -0.756. The molecule has 0 radical (unpaired) electrons. The normalized spacial score (nSPS) is 8.95. The molecule has 1 aromatic carbocycles. The maximum Gasteiger partial charge on any atom is 4.00 e. The summed E-state index contributed by atoms with van der Waals surface area (Å²) in [5, 5.41) is 10.0. The van der Waals surface area contributed by atoms with Crippen molar-refractivity contribution in [1.82, 2.24) is 4.90 Å². The third-order valence-electron chi connectivity index (χ3n) is 2.54. The van der Waals surface area contributed by atoms with Gasteiger partial charge in [-0.3, -0.25) is 0 Å². The third-order valence-corrected chi connectivity index (χ3v) is 2.54. The standard InChI is InChI=1S/C13H17F2N2.3CH3.Ti/c1-8(2)17(9(3)4)13(16)12-10(14)6-5-7-11(12)15;;;;/h5-9H,1-4H3;3*1H3;/q4*-1;+4. The Labute approximate surface area is 144 Å². The minimum Gasteiger partial charge on any atom is -0.464 e. The molecule has 0 N–H and O–H groups in total. The molecule has 1 aromatic rings. The van der Waals surface area contributed by atoms with Gasteiger partial charge in [-0.15, -0.1) is 0 Å². The van der Waals surface area contributed by atoms with Gasteiger partial charge < -0.3 is 32.6 Å². The van der Waals surface area contributed by atoms with Gasteiger partial charge in [0.15, 0.2) is 0 Å². The van der Waals surface area contributed by atoms with Gasteiger partial charge in [-0.05, 0) is 24.2 Å². The number of hydrogen-bond acceptors (Lipinski definition) is 0. The van der Waals surface area contributed by atoms with Crippen LogP contribution in [0.15, 0.2) is 18.2 Å². The van der Waals surface area contributed by atoms with E-state index in [0.29, 0.717) is 0 Å². The van der Waals surface area contributed by atoms with Gasteiger partial charge in [-0.2, -0.15) is 0 Å². The molecule has 0 aliphatic rings. The summed E-state index contributed by atoms with van der Waals surface area (Å²) < 4.78 is 27.1. The molecule has 0 spiro atoms. The number of benzene rings is 1. The quantitative estimate of drug-likeness (QED) is 0.339. The maximum absolute atomic E-state index is 13.5. The average molecular weight is 332 g/mol. The maximum atomic E-state index is 13.5. The Balaban J connectivity index is -0.000000361. The van der Waals surface area contributed by atoms with Crippen LogP contribution in [0.4, 0.5) is 8.78 Å². The molecule has 0 bridgehead atoms.